The van der Waals surface area contributed by atoms with E-state index in [0.717, 1.165) is 24.4 Å². The van der Waals surface area contributed by atoms with E-state index in [1.54, 1.807) is 12.1 Å². The number of hydrogen-bond donors (Lipinski definition) is 3. The molecule has 2 rings (SSSR count). The smallest absolute Gasteiger partial charge is 0.312 e. The first kappa shape index (κ1) is 16.3. The van der Waals surface area contributed by atoms with Crippen LogP contribution >= 0.6 is 0 Å². The van der Waals surface area contributed by atoms with E-state index in [2.05, 4.69) is 10.6 Å². The Bertz CT molecular complexity index is 493. The molecule has 0 saturated heterocycles. The Labute approximate surface area is 131 Å². The van der Waals surface area contributed by atoms with Crippen molar-refractivity contribution in [3.05, 3.63) is 35.4 Å². The quantitative estimate of drug-likeness (QED) is 0.676. The van der Waals surface area contributed by atoms with Gasteiger partial charge in [0.2, 0.25) is 0 Å². The van der Waals surface area contributed by atoms with Crippen LogP contribution in [0.3, 0.4) is 0 Å². The molecule has 0 radical (unpaired) electrons. The lowest BCUT2D eigenvalue weighted by molar-refractivity contribution is 0.0952. The third-order valence-electron chi connectivity index (χ3n) is 4.23. The number of amides is 3. The molecule has 0 aromatic heterocycles. The highest BCUT2D eigenvalue weighted by Gasteiger charge is 2.14. The number of benzene rings is 1. The van der Waals surface area contributed by atoms with Crippen LogP contribution in [0, 0.1) is 5.92 Å². The zero-order chi connectivity index (χ0) is 15.8. The Morgan fingerprint density at radius 3 is 2.41 bits per heavy atom. The second-order valence-electron chi connectivity index (χ2n) is 5.96. The number of nitrogens with one attached hydrogen (secondary N) is 2. The highest BCUT2D eigenvalue weighted by atomic mass is 16.2. The summed E-state index contributed by atoms with van der Waals surface area (Å²) in [7, 11) is 0. The van der Waals surface area contributed by atoms with E-state index in [-0.39, 0.29) is 5.91 Å². The van der Waals surface area contributed by atoms with E-state index < -0.39 is 6.03 Å². The van der Waals surface area contributed by atoms with Gasteiger partial charge in [-0.15, -0.1) is 0 Å². The fraction of sp³-hybridized carbons (Fsp3) is 0.529. The second-order valence-corrected chi connectivity index (χ2v) is 5.96. The van der Waals surface area contributed by atoms with Gasteiger partial charge in [0.15, 0.2) is 0 Å². The van der Waals surface area contributed by atoms with Crippen molar-refractivity contribution in [2.45, 2.75) is 45.1 Å². The predicted octanol–water partition coefficient (Wildman–Crippen LogP) is 2.56. The Morgan fingerprint density at radius 1 is 1.09 bits per heavy atom. The fourth-order valence-corrected chi connectivity index (χ4v) is 2.96. The van der Waals surface area contributed by atoms with Gasteiger partial charge in [-0.25, -0.2) is 4.79 Å². The monoisotopic (exact) mass is 303 g/mol. The molecule has 1 fully saturated rings. The summed E-state index contributed by atoms with van der Waals surface area (Å²) < 4.78 is 0. The molecule has 1 aromatic carbocycles. The highest BCUT2D eigenvalue weighted by Crippen LogP contribution is 2.28. The largest absolute Gasteiger partial charge is 0.352 e. The second kappa shape index (κ2) is 8.41. The minimum Gasteiger partial charge on any atom is -0.352 e. The van der Waals surface area contributed by atoms with Gasteiger partial charge in [-0.05, 0) is 36.5 Å². The molecule has 0 atom stereocenters. The summed E-state index contributed by atoms with van der Waals surface area (Å²) in [5, 5.41) is 5.48. The molecule has 0 spiro atoms. The van der Waals surface area contributed by atoms with Crippen LogP contribution in [0.15, 0.2) is 24.3 Å². The van der Waals surface area contributed by atoms with Crippen molar-refractivity contribution in [3.63, 3.8) is 0 Å². The summed E-state index contributed by atoms with van der Waals surface area (Å²) >= 11 is 0. The van der Waals surface area contributed by atoms with E-state index >= 15 is 0 Å². The topological polar surface area (TPSA) is 84.2 Å². The fourth-order valence-electron chi connectivity index (χ4n) is 2.96. The molecule has 1 aromatic rings. The van der Waals surface area contributed by atoms with Crippen LogP contribution in [0.25, 0.3) is 0 Å². The third-order valence-corrected chi connectivity index (χ3v) is 4.23. The number of hydrogen-bond acceptors (Lipinski definition) is 2. The van der Waals surface area contributed by atoms with Crippen LogP contribution in [0.5, 0.6) is 0 Å². The van der Waals surface area contributed by atoms with Gasteiger partial charge in [-0.1, -0.05) is 37.8 Å². The van der Waals surface area contributed by atoms with Crippen molar-refractivity contribution in [2.24, 2.45) is 11.7 Å². The van der Waals surface area contributed by atoms with E-state index in [1.165, 1.54) is 32.1 Å². The van der Waals surface area contributed by atoms with Gasteiger partial charge in [0.25, 0.3) is 5.91 Å². The van der Waals surface area contributed by atoms with Crippen molar-refractivity contribution >= 4 is 11.9 Å². The molecule has 5 heteroatoms. The number of carbonyl (C=O) groups excluding carboxylic acids is 2. The van der Waals surface area contributed by atoms with Crippen molar-refractivity contribution in [1.82, 2.24) is 10.6 Å². The van der Waals surface area contributed by atoms with E-state index in [0.29, 0.717) is 12.1 Å². The van der Waals surface area contributed by atoms with Gasteiger partial charge < -0.3 is 16.4 Å². The lowest BCUT2D eigenvalue weighted by atomic mass is 10.0. The summed E-state index contributed by atoms with van der Waals surface area (Å²) in [5.41, 5.74) is 6.57. The summed E-state index contributed by atoms with van der Waals surface area (Å²) in [4.78, 5) is 22.7. The average molecular weight is 303 g/mol. The van der Waals surface area contributed by atoms with Crippen molar-refractivity contribution < 1.29 is 9.59 Å². The molecule has 0 aliphatic heterocycles. The zero-order valence-corrected chi connectivity index (χ0v) is 12.9. The molecule has 5 nitrogen and oxygen atoms in total. The molecular formula is C17H25N3O2. The first-order valence-corrected chi connectivity index (χ1v) is 8.05. The molecule has 1 aliphatic carbocycles. The lowest BCUT2D eigenvalue weighted by Crippen LogP contribution is -2.28. The number of primary amides is 1. The first-order chi connectivity index (χ1) is 10.6. The third kappa shape index (κ3) is 5.39. The van der Waals surface area contributed by atoms with Gasteiger partial charge in [0, 0.05) is 18.7 Å². The van der Waals surface area contributed by atoms with Crippen LogP contribution in [0.1, 0.15) is 54.4 Å². The minimum atomic E-state index is -0.552. The Kier molecular flexibility index (Phi) is 6.25. The van der Waals surface area contributed by atoms with E-state index in [1.807, 2.05) is 12.1 Å². The molecule has 1 aliphatic rings. The summed E-state index contributed by atoms with van der Waals surface area (Å²) in [6, 6.07) is 6.63. The average Bonchev–Trinajstić information content (AvgIpc) is 3.03. The van der Waals surface area contributed by atoms with E-state index in [4.69, 9.17) is 5.73 Å². The van der Waals surface area contributed by atoms with Crippen LogP contribution in [-0.2, 0) is 6.54 Å². The van der Waals surface area contributed by atoms with Crippen LogP contribution < -0.4 is 16.4 Å². The number of urea groups is 1. The predicted molar refractivity (Wildman–Crippen MR) is 86.4 cm³/mol. The van der Waals surface area contributed by atoms with Gasteiger partial charge >= 0.3 is 6.03 Å². The molecule has 0 unspecified atom stereocenters. The first-order valence-electron chi connectivity index (χ1n) is 8.05. The van der Waals surface area contributed by atoms with Crippen LogP contribution in [-0.4, -0.2) is 18.5 Å². The van der Waals surface area contributed by atoms with Crippen LogP contribution in [0.2, 0.25) is 0 Å². The molecule has 4 N–H and O–H groups in total. The normalized spacial score (nSPS) is 14.7. The zero-order valence-electron chi connectivity index (χ0n) is 12.9. The molecule has 0 heterocycles. The SMILES string of the molecule is NC(=O)NCc1ccc(C(=O)NCCCC2CCCC2)cc1. The molecule has 22 heavy (non-hydrogen) atoms. The van der Waals surface area contributed by atoms with Gasteiger partial charge in [0.1, 0.15) is 0 Å². The van der Waals surface area contributed by atoms with E-state index in [9.17, 15) is 9.59 Å². The number of carbonyl (C=O) groups is 2. The Hall–Kier alpha value is -2.04. The maximum absolute atomic E-state index is 12.0. The lowest BCUT2D eigenvalue weighted by Gasteiger charge is -2.09. The summed E-state index contributed by atoms with van der Waals surface area (Å²) in [6.07, 6.45) is 7.72. The molecular weight excluding hydrogens is 278 g/mol. The van der Waals surface area contributed by atoms with Gasteiger partial charge in [-0.3, -0.25) is 4.79 Å². The van der Waals surface area contributed by atoms with Crippen molar-refractivity contribution in [3.8, 4) is 0 Å². The maximum Gasteiger partial charge on any atom is 0.312 e. The molecule has 1 saturated carbocycles. The number of rotatable bonds is 7. The Morgan fingerprint density at radius 2 is 1.77 bits per heavy atom. The van der Waals surface area contributed by atoms with Crippen molar-refractivity contribution in [1.29, 1.82) is 0 Å². The minimum absolute atomic E-state index is 0.0409. The Balaban J connectivity index is 1.68. The maximum atomic E-state index is 12.0. The van der Waals surface area contributed by atoms with Gasteiger partial charge in [-0.2, -0.15) is 0 Å². The molecule has 120 valence electrons. The van der Waals surface area contributed by atoms with Crippen LogP contribution in [0.4, 0.5) is 4.79 Å². The summed E-state index contributed by atoms with van der Waals surface area (Å²) in [6.45, 7) is 1.11. The summed E-state index contributed by atoms with van der Waals surface area (Å²) in [5.74, 6) is 0.828. The molecule has 0 bridgehead atoms. The standard InChI is InChI=1S/C17H25N3O2/c18-17(22)20-12-14-7-9-15(10-8-14)16(21)19-11-3-6-13-4-1-2-5-13/h7-10,13H,1-6,11-12H2,(H,19,21)(H3,18,20,22). The van der Waals surface area contributed by atoms with Crippen molar-refractivity contribution in [2.75, 3.05) is 6.54 Å². The molecule has 3 amide bonds. The number of nitrogens with two attached hydrogens (primary N) is 1. The highest BCUT2D eigenvalue weighted by molar-refractivity contribution is 5.94. The van der Waals surface area contributed by atoms with Gasteiger partial charge in [0.05, 0.1) is 0 Å².